The van der Waals surface area contributed by atoms with Crippen LogP contribution in [0.15, 0.2) is 24.3 Å². The Morgan fingerprint density at radius 3 is 2.47 bits per heavy atom. The van der Waals surface area contributed by atoms with Gasteiger partial charge >= 0.3 is 5.97 Å². The highest BCUT2D eigenvalue weighted by Gasteiger charge is 2.03. The van der Waals surface area contributed by atoms with E-state index in [-0.39, 0.29) is 5.56 Å². The van der Waals surface area contributed by atoms with Crippen LogP contribution in [0.3, 0.4) is 0 Å². The van der Waals surface area contributed by atoms with Crippen molar-refractivity contribution >= 4 is 16.8 Å². The van der Waals surface area contributed by atoms with Gasteiger partial charge in [0.2, 0.25) is 0 Å². The van der Waals surface area contributed by atoms with Crippen LogP contribution < -0.4 is 4.74 Å². The third-order valence-electron chi connectivity index (χ3n) is 2.66. The number of aromatic carboxylic acids is 1. The lowest BCUT2D eigenvalue weighted by atomic mass is 10.2. The Kier molecular flexibility index (Phi) is 7.18. The summed E-state index contributed by atoms with van der Waals surface area (Å²) >= 11 is 0. The van der Waals surface area contributed by atoms with Crippen LogP contribution in [-0.2, 0) is 10.8 Å². The number of carboxylic acid groups (broad SMARTS) is 1. The van der Waals surface area contributed by atoms with E-state index in [0.29, 0.717) is 18.1 Å². The minimum Gasteiger partial charge on any atom is -0.493 e. The molecule has 1 N–H and O–H groups in total. The Morgan fingerprint density at radius 1 is 1.21 bits per heavy atom. The lowest BCUT2D eigenvalue weighted by Crippen LogP contribution is -2.11. The molecular formula is C14H20O4S. The van der Waals surface area contributed by atoms with E-state index < -0.39 is 16.8 Å². The van der Waals surface area contributed by atoms with Crippen LogP contribution in [0.4, 0.5) is 0 Å². The first-order valence-electron chi connectivity index (χ1n) is 6.44. The second-order valence-corrected chi connectivity index (χ2v) is 5.93. The first-order valence-corrected chi connectivity index (χ1v) is 7.93. The van der Waals surface area contributed by atoms with Crippen molar-refractivity contribution in [2.24, 2.45) is 0 Å². The van der Waals surface area contributed by atoms with Crippen molar-refractivity contribution in [2.45, 2.75) is 26.2 Å². The molecule has 0 aromatic heterocycles. The van der Waals surface area contributed by atoms with Gasteiger partial charge < -0.3 is 9.84 Å². The third-order valence-corrected chi connectivity index (χ3v) is 4.02. The summed E-state index contributed by atoms with van der Waals surface area (Å²) in [5.74, 6) is 0.902. The fourth-order valence-corrected chi connectivity index (χ4v) is 2.56. The van der Waals surface area contributed by atoms with Crippen LogP contribution in [0, 0.1) is 0 Å². The van der Waals surface area contributed by atoms with Gasteiger partial charge in [0.15, 0.2) is 0 Å². The molecule has 1 atom stereocenters. The molecule has 0 radical (unpaired) electrons. The molecule has 0 bridgehead atoms. The number of hydrogen-bond acceptors (Lipinski definition) is 3. The Labute approximate surface area is 116 Å². The standard InChI is InChI=1S/C14H20O4S/c1-2-3-4-10-19(17)11-9-18-13-7-5-12(6-8-13)14(15)16/h5-8H,2-4,9-11H2,1H3,(H,15,16). The van der Waals surface area contributed by atoms with Crippen molar-refractivity contribution in [2.75, 3.05) is 18.1 Å². The van der Waals surface area contributed by atoms with Crippen LogP contribution in [0.2, 0.25) is 0 Å². The highest BCUT2D eigenvalue weighted by Crippen LogP contribution is 2.12. The van der Waals surface area contributed by atoms with Gasteiger partial charge in [-0.1, -0.05) is 19.8 Å². The monoisotopic (exact) mass is 284 g/mol. The molecule has 1 unspecified atom stereocenters. The fraction of sp³-hybridized carbons (Fsp3) is 0.500. The number of rotatable bonds is 9. The van der Waals surface area contributed by atoms with Gasteiger partial charge in [0, 0.05) is 16.6 Å². The van der Waals surface area contributed by atoms with Gasteiger partial charge in [0.25, 0.3) is 0 Å². The zero-order valence-corrected chi connectivity index (χ0v) is 11.9. The first-order chi connectivity index (χ1) is 9.13. The maximum Gasteiger partial charge on any atom is 0.335 e. The molecule has 1 aromatic carbocycles. The van der Waals surface area contributed by atoms with Crippen molar-refractivity contribution in [1.82, 2.24) is 0 Å². The van der Waals surface area contributed by atoms with Crippen LogP contribution in [0.25, 0.3) is 0 Å². The van der Waals surface area contributed by atoms with Gasteiger partial charge in [-0.05, 0) is 30.7 Å². The highest BCUT2D eigenvalue weighted by molar-refractivity contribution is 7.84. The molecule has 0 saturated carbocycles. The number of benzene rings is 1. The molecule has 0 aliphatic rings. The molecular weight excluding hydrogens is 264 g/mol. The molecule has 0 aliphatic heterocycles. The summed E-state index contributed by atoms with van der Waals surface area (Å²) in [6.45, 7) is 2.51. The summed E-state index contributed by atoms with van der Waals surface area (Å²) in [6, 6.07) is 6.22. The number of carbonyl (C=O) groups is 1. The van der Waals surface area contributed by atoms with Crippen molar-refractivity contribution in [3.63, 3.8) is 0 Å². The van der Waals surface area contributed by atoms with E-state index in [1.807, 2.05) is 0 Å². The van der Waals surface area contributed by atoms with E-state index in [1.165, 1.54) is 12.1 Å². The topological polar surface area (TPSA) is 63.6 Å². The number of unbranched alkanes of at least 4 members (excludes halogenated alkanes) is 2. The van der Waals surface area contributed by atoms with E-state index >= 15 is 0 Å². The zero-order valence-electron chi connectivity index (χ0n) is 11.1. The minimum atomic E-state index is -0.955. The average Bonchev–Trinajstić information content (AvgIpc) is 2.39. The van der Waals surface area contributed by atoms with Gasteiger partial charge in [-0.15, -0.1) is 0 Å². The first kappa shape index (κ1) is 15.7. The maximum absolute atomic E-state index is 11.6. The number of carboxylic acids is 1. The average molecular weight is 284 g/mol. The lowest BCUT2D eigenvalue weighted by molar-refractivity contribution is 0.0697. The zero-order chi connectivity index (χ0) is 14.1. The van der Waals surface area contributed by atoms with Crippen LogP contribution >= 0.6 is 0 Å². The molecule has 1 rings (SSSR count). The lowest BCUT2D eigenvalue weighted by Gasteiger charge is -2.06. The summed E-state index contributed by atoms with van der Waals surface area (Å²) in [6.07, 6.45) is 3.24. The van der Waals surface area contributed by atoms with Crippen LogP contribution in [0.1, 0.15) is 36.5 Å². The summed E-state index contributed by atoms with van der Waals surface area (Å²) < 4.78 is 17.0. The van der Waals surface area contributed by atoms with Gasteiger partial charge in [-0.3, -0.25) is 4.21 Å². The second kappa shape index (κ2) is 8.69. The molecule has 19 heavy (non-hydrogen) atoms. The Bertz CT molecular complexity index is 414. The van der Waals surface area contributed by atoms with Crippen molar-refractivity contribution in [1.29, 1.82) is 0 Å². The quantitative estimate of drug-likeness (QED) is 0.708. The van der Waals surface area contributed by atoms with E-state index in [2.05, 4.69) is 6.92 Å². The second-order valence-electron chi connectivity index (χ2n) is 4.23. The predicted molar refractivity (Wildman–Crippen MR) is 76.3 cm³/mol. The summed E-state index contributed by atoms with van der Waals surface area (Å²) in [5, 5.41) is 8.75. The normalized spacial score (nSPS) is 12.1. The Hall–Kier alpha value is -1.36. The smallest absolute Gasteiger partial charge is 0.335 e. The molecule has 5 heteroatoms. The van der Waals surface area contributed by atoms with E-state index in [1.54, 1.807) is 12.1 Å². The molecule has 0 fully saturated rings. The maximum atomic E-state index is 11.6. The van der Waals surface area contributed by atoms with E-state index in [4.69, 9.17) is 9.84 Å². The highest BCUT2D eigenvalue weighted by atomic mass is 32.2. The molecule has 0 saturated heterocycles. The van der Waals surface area contributed by atoms with Crippen LogP contribution in [0.5, 0.6) is 5.75 Å². The summed E-state index contributed by atoms with van der Waals surface area (Å²) in [7, 11) is -0.826. The van der Waals surface area contributed by atoms with E-state index in [0.717, 1.165) is 25.0 Å². The molecule has 0 heterocycles. The number of ether oxygens (including phenoxy) is 1. The van der Waals surface area contributed by atoms with Gasteiger partial charge in [0.1, 0.15) is 5.75 Å². The number of hydrogen-bond donors (Lipinski definition) is 1. The SMILES string of the molecule is CCCCCS(=O)CCOc1ccc(C(=O)O)cc1. The summed E-state index contributed by atoms with van der Waals surface area (Å²) in [4.78, 5) is 10.7. The molecule has 0 spiro atoms. The molecule has 1 aromatic rings. The van der Waals surface area contributed by atoms with Crippen molar-refractivity contribution in [3.05, 3.63) is 29.8 Å². The Balaban J connectivity index is 2.25. The third kappa shape index (κ3) is 6.38. The van der Waals surface area contributed by atoms with Crippen LogP contribution in [-0.4, -0.2) is 33.4 Å². The van der Waals surface area contributed by atoms with Crippen molar-refractivity contribution in [3.8, 4) is 5.75 Å². The molecule has 0 aliphatic carbocycles. The van der Waals surface area contributed by atoms with Gasteiger partial charge in [0.05, 0.1) is 17.9 Å². The summed E-state index contributed by atoms with van der Waals surface area (Å²) in [5.41, 5.74) is 0.232. The van der Waals surface area contributed by atoms with E-state index in [9.17, 15) is 9.00 Å². The fourth-order valence-electron chi connectivity index (χ4n) is 1.56. The van der Waals surface area contributed by atoms with Gasteiger partial charge in [-0.25, -0.2) is 4.79 Å². The molecule has 106 valence electrons. The minimum absolute atomic E-state index is 0.232. The Morgan fingerprint density at radius 2 is 1.89 bits per heavy atom. The predicted octanol–water partition coefficient (Wildman–Crippen LogP) is 2.70. The van der Waals surface area contributed by atoms with Crippen molar-refractivity contribution < 1.29 is 18.8 Å². The molecule has 0 amide bonds. The molecule has 4 nitrogen and oxygen atoms in total. The van der Waals surface area contributed by atoms with Gasteiger partial charge in [-0.2, -0.15) is 0 Å². The largest absolute Gasteiger partial charge is 0.493 e.